The van der Waals surface area contributed by atoms with E-state index in [1.165, 1.54) is 12.1 Å². The van der Waals surface area contributed by atoms with Gasteiger partial charge < -0.3 is 10.6 Å². The Bertz CT molecular complexity index is 1320. The predicted octanol–water partition coefficient (Wildman–Crippen LogP) is 4.20. The molecule has 0 radical (unpaired) electrons. The average molecular weight is 440 g/mol. The number of nitrogens with one attached hydrogen (secondary N) is 2. The monoisotopic (exact) mass is 440 g/mol. The number of halogens is 1. The molecular weight excluding hydrogens is 419 g/mol. The maximum absolute atomic E-state index is 13.7. The summed E-state index contributed by atoms with van der Waals surface area (Å²) in [5, 5.41) is 10.5. The first-order chi connectivity index (χ1) is 16.0. The van der Waals surface area contributed by atoms with E-state index in [9.17, 15) is 14.0 Å². The van der Waals surface area contributed by atoms with E-state index in [4.69, 9.17) is 0 Å². The van der Waals surface area contributed by atoms with Crippen LogP contribution in [-0.2, 0) is 4.79 Å². The summed E-state index contributed by atoms with van der Waals surface area (Å²) in [6.45, 7) is 1.86. The van der Waals surface area contributed by atoms with E-state index in [1.807, 2.05) is 43.3 Å². The van der Waals surface area contributed by atoms with Crippen molar-refractivity contribution in [3.8, 4) is 5.69 Å². The Morgan fingerprint density at radius 2 is 1.61 bits per heavy atom. The van der Waals surface area contributed by atoms with E-state index in [0.717, 1.165) is 11.3 Å². The van der Waals surface area contributed by atoms with Gasteiger partial charge in [-0.1, -0.05) is 48.5 Å². The molecule has 7 heteroatoms. The van der Waals surface area contributed by atoms with Crippen molar-refractivity contribution in [1.82, 2.24) is 15.1 Å². The number of benzene rings is 3. The van der Waals surface area contributed by atoms with Crippen LogP contribution >= 0.6 is 0 Å². The lowest BCUT2D eigenvalue weighted by Gasteiger charge is -2.32. The van der Waals surface area contributed by atoms with Gasteiger partial charge in [-0.05, 0) is 48.9 Å². The van der Waals surface area contributed by atoms with Crippen LogP contribution in [0.25, 0.3) is 5.69 Å². The number of fused-ring (bicyclic) bond motifs is 1. The molecule has 164 valence electrons. The van der Waals surface area contributed by atoms with Crippen LogP contribution in [0.4, 0.5) is 10.2 Å². The Labute approximate surface area is 190 Å². The van der Waals surface area contributed by atoms with Gasteiger partial charge in [-0.15, -0.1) is 0 Å². The van der Waals surface area contributed by atoms with E-state index in [-0.39, 0.29) is 17.6 Å². The molecule has 0 saturated heterocycles. The highest BCUT2D eigenvalue weighted by molar-refractivity contribution is 6.04. The van der Waals surface area contributed by atoms with Gasteiger partial charge in [0.1, 0.15) is 17.7 Å². The number of anilines is 1. The van der Waals surface area contributed by atoms with E-state index in [0.29, 0.717) is 22.6 Å². The number of aromatic nitrogens is 2. The minimum atomic E-state index is -0.900. The quantitative estimate of drug-likeness (QED) is 0.499. The van der Waals surface area contributed by atoms with E-state index < -0.39 is 12.0 Å². The SMILES string of the molecule is Cc1nn(-c2ccccc2)c2c1[C@H](c1ccc(F)cc1)[C@@H](NC(=O)c1ccccc1)C(=O)N2. The van der Waals surface area contributed by atoms with Crippen LogP contribution in [0.5, 0.6) is 0 Å². The second-order valence-corrected chi connectivity index (χ2v) is 7.93. The molecule has 1 aromatic heterocycles. The molecule has 4 aromatic rings. The summed E-state index contributed by atoms with van der Waals surface area (Å²) in [5.41, 5.74) is 3.45. The summed E-state index contributed by atoms with van der Waals surface area (Å²) in [5.74, 6) is -1.10. The standard InChI is InChI=1S/C26H21FN4O2/c1-16-21-22(17-12-14-19(27)15-13-17)23(28-25(32)18-8-4-2-5-9-18)26(33)29-24(21)31(30-16)20-10-6-3-7-11-20/h2-15,22-23H,1H3,(H,28,32)(H,29,33)/t22-,23+/m0/s1. The fourth-order valence-electron chi connectivity index (χ4n) is 4.29. The van der Waals surface area contributed by atoms with Gasteiger partial charge in [0, 0.05) is 17.0 Å². The molecule has 2 amide bonds. The molecule has 2 heterocycles. The molecule has 1 aliphatic rings. The molecule has 0 unspecified atom stereocenters. The van der Waals surface area contributed by atoms with Crippen molar-refractivity contribution in [2.75, 3.05) is 5.32 Å². The lowest BCUT2D eigenvalue weighted by atomic mass is 9.82. The first-order valence-corrected chi connectivity index (χ1v) is 10.6. The largest absolute Gasteiger partial charge is 0.339 e. The van der Waals surface area contributed by atoms with Gasteiger partial charge in [-0.25, -0.2) is 9.07 Å². The van der Waals surface area contributed by atoms with Crippen molar-refractivity contribution in [3.05, 3.63) is 113 Å². The van der Waals surface area contributed by atoms with Crippen molar-refractivity contribution in [2.45, 2.75) is 18.9 Å². The lowest BCUT2D eigenvalue weighted by Crippen LogP contribution is -2.50. The molecule has 33 heavy (non-hydrogen) atoms. The number of aryl methyl sites for hydroxylation is 1. The molecule has 2 atom stereocenters. The maximum Gasteiger partial charge on any atom is 0.251 e. The summed E-state index contributed by atoms with van der Waals surface area (Å²) in [6, 6.07) is 23.3. The second-order valence-electron chi connectivity index (χ2n) is 7.93. The van der Waals surface area contributed by atoms with Gasteiger partial charge in [0.05, 0.1) is 11.4 Å². The maximum atomic E-state index is 13.7. The average Bonchev–Trinajstić information content (AvgIpc) is 3.17. The molecule has 5 rings (SSSR count). The molecule has 3 aromatic carbocycles. The molecule has 0 spiro atoms. The van der Waals surface area contributed by atoms with Gasteiger partial charge in [0.2, 0.25) is 5.91 Å². The molecule has 2 N–H and O–H groups in total. The number of nitrogens with zero attached hydrogens (tertiary/aromatic N) is 2. The van der Waals surface area contributed by atoms with Gasteiger partial charge in [0.15, 0.2) is 0 Å². The van der Waals surface area contributed by atoms with Gasteiger partial charge in [-0.3, -0.25) is 9.59 Å². The van der Waals surface area contributed by atoms with E-state index >= 15 is 0 Å². The summed E-state index contributed by atoms with van der Waals surface area (Å²) in [7, 11) is 0. The van der Waals surface area contributed by atoms with Crippen LogP contribution in [0.1, 0.15) is 33.1 Å². The number of amides is 2. The normalized spacial score (nSPS) is 17.2. The van der Waals surface area contributed by atoms with Crippen molar-refractivity contribution in [1.29, 1.82) is 0 Å². The first-order valence-electron chi connectivity index (χ1n) is 10.6. The van der Waals surface area contributed by atoms with Crippen LogP contribution in [0.15, 0.2) is 84.9 Å². The third-order valence-corrected chi connectivity index (χ3v) is 5.83. The van der Waals surface area contributed by atoms with Crippen LogP contribution in [0, 0.1) is 12.7 Å². The third-order valence-electron chi connectivity index (χ3n) is 5.83. The Balaban J connectivity index is 1.63. The molecule has 0 bridgehead atoms. The minimum absolute atomic E-state index is 0.362. The zero-order valence-corrected chi connectivity index (χ0v) is 17.8. The first kappa shape index (κ1) is 20.6. The number of hydrogen-bond donors (Lipinski definition) is 2. The Hall–Kier alpha value is -4.26. The zero-order valence-electron chi connectivity index (χ0n) is 17.8. The van der Waals surface area contributed by atoms with Crippen LogP contribution in [-0.4, -0.2) is 27.6 Å². The second kappa shape index (κ2) is 8.35. The highest BCUT2D eigenvalue weighted by Crippen LogP contribution is 2.40. The summed E-state index contributed by atoms with van der Waals surface area (Å²) < 4.78 is 15.4. The number of carbonyl (C=O) groups is 2. The van der Waals surface area contributed by atoms with Gasteiger partial charge in [0.25, 0.3) is 5.91 Å². The Morgan fingerprint density at radius 1 is 0.970 bits per heavy atom. The van der Waals surface area contributed by atoms with E-state index in [2.05, 4.69) is 15.7 Å². The smallest absolute Gasteiger partial charge is 0.251 e. The van der Waals surface area contributed by atoms with Crippen molar-refractivity contribution in [3.63, 3.8) is 0 Å². The molecule has 6 nitrogen and oxygen atoms in total. The minimum Gasteiger partial charge on any atom is -0.339 e. The predicted molar refractivity (Wildman–Crippen MR) is 123 cm³/mol. The van der Waals surface area contributed by atoms with Crippen molar-refractivity contribution in [2.24, 2.45) is 0 Å². The Kier molecular flexibility index (Phi) is 5.22. The number of carbonyl (C=O) groups excluding carboxylic acids is 2. The number of para-hydroxylation sites is 1. The number of rotatable bonds is 4. The molecular formula is C26H21FN4O2. The summed E-state index contributed by atoms with van der Waals surface area (Å²) in [4.78, 5) is 26.3. The van der Waals surface area contributed by atoms with Crippen molar-refractivity contribution < 1.29 is 14.0 Å². The third kappa shape index (κ3) is 3.78. The fourth-order valence-corrected chi connectivity index (χ4v) is 4.29. The Morgan fingerprint density at radius 3 is 2.27 bits per heavy atom. The van der Waals surface area contributed by atoms with E-state index in [1.54, 1.807) is 41.1 Å². The molecule has 0 fully saturated rings. The zero-order chi connectivity index (χ0) is 22.9. The molecule has 0 saturated carbocycles. The molecule has 0 aliphatic carbocycles. The van der Waals surface area contributed by atoms with Gasteiger partial charge >= 0.3 is 0 Å². The molecule has 1 aliphatic heterocycles. The fraction of sp³-hybridized carbons (Fsp3) is 0.115. The highest BCUT2D eigenvalue weighted by atomic mass is 19.1. The summed E-state index contributed by atoms with van der Waals surface area (Å²) >= 11 is 0. The number of hydrogen-bond acceptors (Lipinski definition) is 3. The highest BCUT2D eigenvalue weighted by Gasteiger charge is 2.41. The summed E-state index contributed by atoms with van der Waals surface area (Å²) in [6.07, 6.45) is 0. The van der Waals surface area contributed by atoms with Crippen LogP contribution in [0.3, 0.4) is 0 Å². The van der Waals surface area contributed by atoms with Crippen LogP contribution < -0.4 is 10.6 Å². The topological polar surface area (TPSA) is 76.0 Å². The van der Waals surface area contributed by atoms with Crippen molar-refractivity contribution >= 4 is 17.6 Å². The van der Waals surface area contributed by atoms with Gasteiger partial charge in [-0.2, -0.15) is 5.10 Å². The lowest BCUT2D eigenvalue weighted by molar-refractivity contribution is -0.118. The van der Waals surface area contributed by atoms with Crippen LogP contribution in [0.2, 0.25) is 0 Å².